The van der Waals surface area contributed by atoms with Gasteiger partial charge in [-0.05, 0) is 79.5 Å². The number of nitrogens with zero attached hydrogens (tertiary/aromatic N) is 3. The van der Waals surface area contributed by atoms with Gasteiger partial charge in [0.05, 0.1) is 16.3 Å². The summed E-state index contributed by atoms with van der Waals surface area (Å²) in [6.45, 7) is 0. The van der Waals surface area contributed by atoms with Crippen molar-refractivity contribution in [1.82, 2.24) is 20.2 Å². The van der Waals surface area contributed by atoms with E-state index >= 15 is 0 Å². The Morgan fingerprint density at radius 2 is 1.89 bits per heavy atom. The second-order valence-corrected chi connectivity index (χ2v) is 9.93. The van der Waals surface area contributed by atoms with Crippen LogP contribution < -0.4 is 16.2 Å². The summed E-state index contributed by atoms with van der Waals surface area (Å²) in [5, 5.41) is 12.2. The first-order chi connectivity index (χ1) is 17.0. The molecular formula is C25H21FN6O2S. The number of H-pyrrole nitrogens is 1. The first-order valence-electron chi connectivity index (χ1n) is 11.4. The number of anilines is 3. The van der Waals surface area contributed by atoms with E-state index in [2.05, 4.69) is 30.8 Å². The molecule has 35 heavy (non-hydrogen) atoms. The number of hydrogen-bond donors (Lipinski definition) is 3. The van der Waals surface area contributed by atoms with Crippen LogP contribution in [0.1, 0.15) is 57.6 Å². The SMILES string of the molecule is O=C(Nc1cc(-c2cc(Nc3ccncn3)c(=O)[nH]n2)ccc1F)c1cc2c(s1)C1CCC2CC1. The number of aromatic nitrogens is 4. The van der Waals surface area contributed by atoms with Crippen molar-refractivity contribution in [3.8, 4) is 11.3 Å². The lowest BCUT2D eigenvalue weighted by Gasteiger charge is -2.35. The molecule has 0 radical (unpaired) electrons. The van der Waals surface area contributed by atoms with Crippen LogP contribution in [-0.2, 0) is 0 Å². The molecule has 0 spiro atoms. The van der Waals surface area contributed by atoms with Crippen LogP contribution in [0, 0.1) is 5.82 Å². The third-order valence-corrected chi connectivity index (χ3v) is 8.02. The molecule has 3 aliphatic carbocycles. The Balaban J connectivity index is 1.26. The van der Waals surface area contributed by atoms with Gasteiger partial charge in [0.15, 0.2) is 0 Å². The van der Waals surface area contributed by atoms with Crippen LogP contribution in [0.2, 0.25) is 0 Å². The molecule has 8 nitrogen and oxygen atoms in total. The van der Waals surface area contributed by atoms with Gasteiger partial charge in [0, 0.05) is 16.6 Å². The highest BCUT2D eigenvalue weighted by atomic mass is 32.1. The average molecular weight is 489 g/mol. The zero-order valence-electron chi connectivity index (χ0n) is 18.5. The topological polar surface area (TPSA) is 113 Å². The van der Waals surface area contributed by atoms with Crippen LogP contribution >= 0.6 is 11.3 Å². The lowest BCUT2D eigenvalue weighted by Crippen LogP contribution is -2.19. The molecule has 0 aliphatic heterocycles. The van der Waals surface area contributed by atoms with Gasteiger partial charge in [-0.3, -0.25) is 9.59 Å². The maximum atomic E-state index is 14.6. The molecule has 4 aromatic rings. The summed E-state index contributed by atoms with van der Waals surface area (Å²) in [6, 6.07) is 9.49. The van der Waals surface area contributed by atoms with Crippen molar-refractivity contribution in [3.05, 3.63) is 80.4 Å². The van der Waals surface area contributed by atoms with E-state index in [1.165, 1.54) is 65.9 Å². The molecular weight excluding hydrogens is 467 g/mol. The second kappa shape index (κ2) is 8.70. The summed E-state index contributed by atoms with van der Waals surface area (Å²) >= 11 is 1.53. The van der Waals surface area contributed by atoms with Crippen molar-refractivity contribution in [2.75, 3.05) is 10.6 Å². The molecule has 176 valence electrons. The third kappa shape index (κ3) is 4.10. The van der Waals surface area contributed by atoms with Crippen molar-refractivity contribution in [3.63, 3.8) is 0 Å². The van der Waals surface area contributed by atoms with E-state index < -0.39 is 11.4 Å². The number of aromatic amines is 1. The summed E-state index contributed by atoms with van der Waals surface area (Å²) in [6.07, 6.45) is 7.67. The van der Waals surface area contributed by atoms with E-state index in [1.54, 1.807) is 24.4 Å². The largest absolute Gasteiger partial charge is 0.336 e. The summed E-state index contributed by atoms with van der Waals surface area (Å²) in [5.74, 6) is 0.678. The van der Waals surface area contributed by atoms with Crippen LogP contribution in [0.25, 0.3) is 11.3 Å². The van der Waals surface area contributed by atoms with E-state index in [-0.39, 0.29) is 17.3 Å². The van der Waals surface area contributed by atoms with Gasteiger partial charge in [-0.2, -0.15) is 5.10 Å². The maximum Gasteiger partial charge on any atom is 0.287 e. The predicted octanol–water partition coefficient (Wildman–Crippen LogP) is 5.18. The highest BCUT2D eigenvalue weighted by Crippen LogP contribution is 2.52. The van der Waals surface area contributed by atoms with Crippen molar-refractivity contribution < 1.29 is 9.18 Å². The molecule has 1 fully saturated rings. The smallest absolute Gasteiger partial charge is 0.287 e. The van der Waals surface area contributed by atoms with Crippen molar-refractivity contribution in [1.29, 1.82) is 0 Å². The van der Waals surface area contributed by atoms with E-state index in [0.717, 1.165) is 0 Å². The molecule has 0 atom stereocenters. The highest BCUT2D eigenvalue weighted by molar-refractivity contribution is 7.14. The van der Waals surface area contributed by atoms with Crippen molar-refractivity contribution in [2.45, 2.75) is 37.5 Å². The van der Waals surface area contributed by atoms with Crippen LogP contribution in [0.4, 0.5) is 21.6 Å². The van der Waals surface area contributed by atoms with E-state index in [9.17, 15) is 14.0 Å². The first-order valence-corrected chi connectivity index (χ1v) is 12.2. The Morgan fingerprint density at radius 1 is 1.06 bits per heavy atom. The van der Waals surface area contributed by atoms with Crippen LogP contribution in [-0.4, -0.2) is 26.1 Å². The molecule has 7 rings (SSSR count). The molecule has 3 heterocycles. The molecule has 1 aromatic carbocycles. The van der Waals surface area contributed by atoms with Gasteiger partial charge in [-0.25, -0.2) is 19.5 Å². The number of amides is 1. The van der Waals surface area contributed by atoms with Crippen molar-refractivity contribution >= 4 is 34.4 Å². The normalized spacial score (nSPS) is 18.2. The summed E-state index contributed by atoms with van der Waals surface area (Å²) in [4.78, 5) is 35.1. The fourth-order valence-corrected chi connectivity index (χ4v) is 6.26. The minimum absolute atomic E-state index is 0.0557. The third-order valence-electron chi connectivity index (χ3n) is 6.71. The summed E-state index contributed by atoms with van der Waals surface area (Å²) in [7, 11) is 0. The van der Waals surface area contributed by atoms with Gasteiger partial charge in [-0.1, -0.05) is 0 Å². The number of hydrogen-bond acceptors (Lipinski definition) is 7. The number of benzene rings is 1. The number of fused-ring (bicyclic) bond motifs is 2. The number of thiophene rings is 1. The predicted molar refractivity (Wildman–Crippen MR) is 132 cm³/mol. The molecule has 3 aromatic heterocycles. The van der Waals surface area contributed by atoms with Gasteiger partial charge in [0.1, 0.15) is 23.6 Å². The van der Waals surface area contributed by atoms with Gasteiger partial charge < -0.3 is 10.6 Å². The Bertz CT molecular complexity index is 1450. The zero-order valence-corrected chi connectivity index (χ0v) is 19.4. The fraction of sp³-hybridized carbons (Fsp3) is 0.240. The molecule has 10 heteroatoms. The van der Waals surface area contributed by atoms with Crippen LogP contribution in [0.3, 0.4) is 0 Å². The lowest BCUT2D eigenvalue weighted by molar-refractivity contribution is 0.103. The minimum Gasteiger partial charge on any atom is -0.336 e. The average Bonchev–Trinajstić information content (AvgIpc) is 3.36. The maximum absolute atomic E-state index is 14.6. The first kappa shape index (κ1) is 21.6. The molecule has 3 aliphatic rings. The molecule has 3 N–H and O–H groups in total. The molecule has 0 unspecified atom stereocenters. The number of carbonyl (C=O) groups excluding carboxylic acids is 1. The number of carbonyl (C=O) groups is 1. The van der Waals surface area contributed by atoms with Crippen molar-refractivity contribution in [2.24, 2.45) is 0 Å². The van der Waals surface area contributed by atoms with Gasteiger partial charge in [0.2, 0.25) is 0 Å². The quantitative estimate of drug-likeness (QED) is 0.357. The van der Waals surface area contributed by atoms with Crippen LogP contribution in [0.5, 0.6) is 0 Å². The lowest BCUT2D eigenvalue weighted by atomic mass is 9.71. The van der Waals surface area contributed by atoms with Gasteiger partial charge >= 0.3 is 0 Å². The van der Waals surface area contributed by atoms with Crippen LogP contribution in [0.15, 0.2) is 53.7 Å². The number of rotatable bonds is 5. The number of nitrogens with one attached hydrogen (secondary N) is 3. The Labute approximate surface area is 203 Å². The molecule has 0 saturated heterocycles. The Kier molecular flexibility index (Phi) is 5.37. The Hall–Kier alpha value is -3.92. The minimum atomic E-state index is -0.549. The monoisotopic (exact) mass is 488 g/mol. The van der Waals surface area contributed by atoms with E-state index in [4.69, 9.17) is 0 Å². The standard InChI is InChI=1S/C25H21FN6O2S/c26-17-6-5-15(18-11-20(24(33)32-31-18)29-22-7-8-27-12-28-22)9-19(17)30-25(34)21-10-16-13-1-3-14(4-2-13)23(16)35-21/h5-14H,1-4H2,(H,30,34)(H,32,33)(H,27,28,29,31). The highest BCUT2D eigenvalue weighted by Gasteiger charge is 2.35. The Morgan fingerprint density at radius 3 is 2.66 bits per heavy atom. The fourth-order valence-electron chi connectivity index (χ4n) is 4.95. The second-order valence-electron chi connectivity index (χ2n) is 8.84. The zero-order chi connectivity index (χ0) is 23.9. The molecule has 1 amide bonds. The van der Waals surface area contributed by atoms with E-state index in [1.807, 2.05) is 6.07 Å². The van der Waals surface area contributed by atoms with Gasteiger partial charge in [-0.15, -0.1) is 11.3 Å². The summed E-state index contributed by atoms with van der Waals surface area (Å²) in [5.41, 5.74) is 2.09. The van der Waals surface area contributed by atoms with E-state index in [0.29, 0.717) is 33.8 Å². The van der Waals surface area contributed by atoms with Gasteiger partial charge in [0.25, 0.3) is 11.5 Å². The summed E-state index contributed by atoms with van der Waals surface area (Å²) < 4.78 is 14.6. The molecule has 2 bridgehead atoms. The number of halogens is 1. The molecule has 1 saturated carbocycles.